The number of aryl methyl sites for hydroxylation is 1. The maximum Gasteiger partial charge on any atom is 0.225 e. The number of carbonyl (C=O) groups is 2. The largest absolute Gasteiger partial charge is 0.497 e. The fraction of sp³-hybridized carbons (Fsp3) is 0.346. The number of carbonyl (C=O) groups excluding carboxylic acids is 2. The Balaban J connectivity index is 1.52. The molecule has 0 bridgehead atoms. The Labute approximate surface area is 199 Å². The van der Waals surface area contributed by atoms with Crippen LogP contribution in [0, 0.1) is 6.92 Å². The minimum Gasteiger partial charge on any atom is -0.497 e. The summed E-state index contributed by atoms with van der Waals surface area (Å²) in [7, 11) is 1.62. The summed E-state index contributed by atoms with van der Waals surface area (Å²) in [6.07, 6.45) is 1.07. The van der Waals surface area contributed by atoms with Crippen LogP contribution in [0.5, 0.6) is 5.75 Å². The minimum absolute atomic E-state index is 0.0696. The Kier molecular flexibility index (Phi) is 7.59. The molecule has 8 nitrogen and oxygen atoms in total. The molecule has 1 aliphatic heterocycles. The van der Waals surface area contributed by atoms with Crippen molar-refractivity contribution in [2.75, 3.05) is 38.7 Å². The van der Waals surface area contributed by atoms with Crippen LogP contribution in [0.1, 0.15) is 25.0 Å². The van der Waals surface area contributed by atoms with Crippen molar-refractivity contribution in [1.29, 1.82) is 0 Å². The van der Waals surface area contributed by atoms with Crippen molar-refractivity contribution in [3.05, 3.63) is 60.3 Å². The van der Waals surface area contributed by atoms with Gasteiger partial charge >= 0.3 is 0 Å². The number of hydrogen-bond donors (Lipinski definition) is 1. The lowest BCUT2D eigenvalue weighted by Crippen LogP contribution is -2.40. The molecule has 0 atom stereocenters. The van der Waals surface area contributed by atoms with Gasteiger partial charge in [0.2, 0.25) is 11.8 Å². The van der Waals surface area contributed by atoms with Crippen molar-refractivity contribution in [3.8, 4) is 22.6 Å². The maximum absolute atomic E-state index is 12.9. The van der Waals surface area contributed by atoms with Gasteiger partial charge in [-0.3, -0.25) is 9.59 Å². The molecule has 34 heavy (non-hydrogen) atoms. The Bertz CT molecular complexity index is 1120. The summed E-state index contributed by atoms with van der Waals surface area (Å²) in [5, 5.41) is 7.79. The quantitative estimate of drug-likeness (QED) is 0.550. The zero-order valence-corrected chi connectivity index (χ0v) is 19.6. The number of benzene rings is 2. The lowest BCUT2D eigenvalue weighted by molar-refractivity contribution is -0.135. The smallest absolute Gasteiger partial charge is 0.225 e. The second kappa shape index (κ2) is 11.0. The van der Waals surface area contributed by atoms with Gasteiger partial charge in [-0.2, -0.15) is 5.10 Å². The van der Waals surface area contributed by atoms with E-state index in [1.807, 2.05) is 61.5 Å². The number of morpholine rings is 1. The molecule has 0 saturated carbocycles. The summed E-state index contributed by atoms with van der Waals surface area (Å²) in [4.78, 5) is 27.1. The summed E-state index contributed by atoms with van der Waals surface area (Å²) >= 11 is 0. The van der Waals surface area contributed by atoms with Gasteiger partial charge in [0.15, 0.2) is 0 Å². The molecule has 4 rings (SSSR count). The van der Waals surface area contributed by atoms with E-state index in [-0.39, 0.29) is 18.2 Å². The fourth-order valence-electron chi connectivity index (χ4n) is 4.07. The van der Waals surface area contributed by atoms with Gasteiger partial charge in [0.05, 0.1) is 31.7 Å². The Morgan fingerprint density at radius 1 is 1.03 bits per heavy atom. The summed E-state index contributed by atoms with van der Waals surface area (Å²) in [6.45, 7) is 4.31. The molecule has 0 spiro atoms. The number of ether oxygens (including phenoxy) is 2. The van der Waals surface area contributed by atoms with Gasteiger partial charge in [0, 0.05) is 31.5 Å². The topological polar surface area (TPSA) is 85.7 Å². The average molecular weight is 463 g/mol. The minimum atomic E-state index is -0.151. The van der Waals surface area contributed by atoms with Gasteiger partial charge < -0.3 is 19.7 Å². The van der Waals surface area contributed by atoms with Crippen LogP contribution in [-0.2, 0) is 14.3 Å². The maximum atomic E-state index is 12.9. The number of amides is 2. The first kappa shape index (κ1) is 23.5. The Morgan fingerprint density at radius 3 is 2.41 bits per heavy atom. The summed E-state index contributed by atoms with van der Waals surface area (Å²) in [5.41, 5.74) is 3.45. The SMILES string of the molecule is COc1ccc(-n2nc(C)c(-c3ccccc3)c2NC(=O)CCCC(=O)N2CCOCC2)cc1. The zero-order chi connectivity index (χ0) is 23.9. The number of rotatable bonds is 8. The van der Waals surface area contributed by atoms with Crippen LogP contribution in [0.25, 0.3) is 16.8 Å². The van der Waals surface area contributed by atoms with E-state index in [9.17, 15) is 9.59 Å². The van der Waals surface area contributed by atoms with E-state index < -0.39 is 0 Å². The molecule has 178 valence electrons. The van der Waals surface area contributed by atoms with Crippen LogP contribution in [0.15, 0.2) is 54.6 Å². The monoisotopic (exact) mass is 462 g/mol. The predicted molar refractivity (Wildman–Crippen MR) is 130 cm³/mol. The van der Waals surface area contributed by atoms with Crippen molar-refractivity contribution in [1.82, 2.24) is 14.7 Å². The third-order valence-electron chi connectivity index (χ3n) is 5.86. The van der Waals surface area contributed by atoms with E-state index in [0.717, 1.165) is 28.3 Å². The standard InChI is InChI=1S/C26H30N4O4/c1-19-25(20-7-4-3-5-8-20)26(30(28-19)21-11-13-22(33-2)14-12-21)27-23(31)9-6-10-24(32)29-15-17-34-18-16-29/h3-5,7-8,11-14H,6,9-10,15-18H2,1-2H3,(H,27,31). The molecule has 0 unspecified atom stereocenters. The highest BCUT2D eigenvalue weighted by molar-refractivity contribution is 5.95. The van der Waals surface area contributed by atoms with Gasteiger partial charge in [-0.05, 0) is 43.2 Å². The highest BCUT2D eigenvalue weighted by Gasteiger charge is 2.21. The first-order valence-electron chi connectivity index (χ1n) is 11.5. The molecule has 8 heteroatoms. The highest BCUT2D eigenvalue weighted by Crippen LogP contribution is 2.33. The molecule has 3 aromatic rings. The van der Waals surface area contributed by atoms with Crippen LogP contribution in [0.4, 0.5) is 5.82 Å². The molecule has 0 aliphatic carbocycles. The summed E-state index contributed by atoms with van der Waals surface area (Å²) in [5.74, 6) is 1.27. The molecule has 2 heterocycles. The molecular formula is C26H30N4O4. The number of methoxy groups -OCH3 is 1. The third kappa shape index (κ3) is 5.46. The molecule has 1 aliphatic rings. The second-order valence-corrected chi connectivity index (χ2v) is 8.18. The molecule has 2 amide bonds. The van der Waals surface area contributed by atoms with Gasteiger partial charge in [0.1, 0.15) is 11.6 Å². The van der Waals surface area contributed by atoms with E-state index in [4.69, 9.17) is 14.6 Å². The first-order valence-corrected chi connectivity index (χ1v) is 11.5. The number of aromatic nitrogens is 2. The Morgan fingerprint density at radius 2 is 1.74 bits per heavy atom. The van der Waals surface area contributed by atoms with Crippen molar-refractivity contribution >= 4 is 17.6 Å². The fourth-order valence-corrected chi connectivity index (χ4v) is 4.07. The van der Waals surface area contributed by atoms with Crippen LogP contribution < -0.4 is 10.1 Å². The number of anilines is 1. The van der Waals surface area contributed by atoms with E-state index in [1.165, 1.54) is 0 Å². The second-order valence-electron chi connectivity index (χ2n) is 8.18. The van der Waals surface area contributed by atoms with Gasteiger partial charge in [0.25, 0.3) is 0 Å². The average Bonchev–Trinajstić information content (AvgIpc) is 3.20. The number of nitrogens with zero attached hydrogens (tertiary/aromatic N) is 3. The molecule has 1 N–H and O–H groups in total. The molecule has 1 fully saturated rings. The van der Waals surface area contributed by atoms with Crippen LogP contribution >= 0.6 is 0 Å². The van der Waals surface area contributed by atoms with Crippen LogP contribution in [0.2, 0.25) is 0 Å². The predicted octanol–water partition coefficient (Wildman–Crippen LogP) is 3.82. The van der Waals surface area contributed by atoms with E-state index in [1.54, 1.807) is 16.7 Å². The lowest BCUT2D eigenvalue weighted by atomic mass is 10.1. The van der Waals surface area contributed by atoms with Crippen molar-refractivity contribution in [2.24, 2.45) is 0 Å². The van der Waals surface area contributed by atoms with Gasteiger partial charge in [-0.1, -0.05) is 30.3 Å². The highest BCUT2D eigenvalue weighted by atomic mass is 16.5. The molecule has 1 saturated heterocycles. The van der Waals surface area contributed by atoms with Gasteiger partial charge in [-0.25, -0.2) is 4.68 Å². The summed E-state index contributed by atoms with van der Waals surface area (Å²) in [6, 6.07) is 17.4. The Hall–Kier alpha value is -3.65. The van der Waals surface area contributed by atoms with Crippen molar-refractivity contribution < 1.29 is 19.1 Å². The van der Waals surface area contributed by atoms with E-state index in [0.29, 0.717) is 45.0 Å². The van der Waals surface area contributed by atoms with Crippen LogP contribution in [0.3, 0.4) is 0 Å². The van der Waals surface area contributed by atoms with Crippen molar-refractivity contribution in [2.45, 2.75) is 26.2 Å². The number of hydrogen-bond acceptors (Lipinski definition) is 5. The molecule has 1 aromatic heterocycles. The normalized spacial score (nSPS) is 13.5. The molecular weight excluding hydrogens is 432 g/mol. The summed E-state index contributed by atoms with van der Waals surface area (Å²) < 4.78 is 12.3. The first-order chi connectivity index (χ1) is 16.6. The van der Waals surface area contributed by atoms with E-state index in [2.05, 4.69) is 5.32 Å². The van der Waals surface area contributed by atoms with Crippen LogP contribution in [-0.4, -0.2) is 59.9 Å². The molecule has 2 aromatic carbocycles. The van der Waals surface area contributed by atoms with Crippen molar-refractivity contribution in [3.63, 3.8) is 0 Å². The number of nitrogens with one attached hydrogen (secondary N) is 1. The zero-order valence-electron chi connectivity index (χ0n) is 19.6. The lowest BCUT2D eigenvalue weighted by Gasteiger charge is -2.26. The third-order valence-corrected chi connectivity index (χ3v) is 5.86. The van der Waals surface area contributed by atoms with Gasteiger partial charge in [-0.15, -0.1) is 0 Å². The van der Waals surface area contributed by atoms with E-state index >= 15 is 0 Å². The molecule has 0 radical (unpaired) electrons.